The van der Waals surface area contributed by atoms with Gasteiger partial charge in [-0.3, -0.25) is 10.1 Å². The highest BCUT2D eigenvalue weighted by atomic mass is 32.1. The molecule has 1 aliphatic carbocycles. The summed E-state index contributed by atoms with van der Waals surface area (Å²) < 4.78 is 16.3. The minimum absolute atomic E-state index is 0.0566. The number of hydrogen-bond donors (Lipinski definition) is 4. The van der Waals surface area contributed by atoms with Gasteiger partial charge in [0.05, 0.1) is 12.8 Å². The van der Waals surface area contributed by atoms with Crippen LogP contribution >= 0.6 is 11.3 Å². The number of aliphatic hydroxyl groups excluding tert-OH is 1. The summed E-state index contributed by atoms with van der Waals surface area (Å²) in [6.07, 6.45) is 8.84. The molecule has 1 heterocycles. The summed E-state index contributed by atoms with van der Waals surface area (Å²) >= 11 is 1.17. The second-order valence-corrected chi connectivity index (χ2v) is 9.80. The molecule has 0 spiro atoms. The van der Waals surface area contributed by atoms with Crippen molar-refractivity contribution >= 4 is 28.3 Å². The third-order valence-electron chi connectivity index (χ3n) is 5.89. The second kappa shape index (κ2) is 15.3. The van der Waals surface area contributed by atoms with Crippen LogP contribution in [0.3, 0.4) is 0 Å². The first-order chi connectivity index (χ1) is 17.5. The quantitative estimate of drug-likeness (QED) is 0.261. The van der Waals surface area contributed by atoms with Gasteiger partial charge in [0.2, 0.25) is 5.91 Å². The molecule has 1 fully saturated rings. The van der Waals surface area contributed by atoms with Gasteiger partial charge in [0.1, 0.15) is 30.1 Å². The number of amides is 2. The predicted octanol–water partition coefficient (Wildman–Crippen LogP) is 3.56. The van der Waals surface area contributed by atoms with Gasteiger partial charge < -0.3 is 30.4 Å². The largest absolute Gasteiger partial charge is 0.492 e. The van der Waals surface area contributed by atoms with E-state index in [4.69, 9.17) is 19.9 Å². The molecule has 0 saturated heterocycles. The summed E-state index contributed by atoms with van der Waals surface area (Å²) in [6, 6.07) is 6.57. The summed E-state index contributed by atoms with van der Waals surface area (Å²) in [5.74, 6) is 0.920. The Morgan fingerprint density at radius 1 is 1.14 bits per heavy atom. The lowest BCUT2D eigenvalue weighted by atomic mass is 9.86. The van der Waals surface area contributed by atoms with Crippen molar-refractivity contribution in [3.8, 4) is 10.9 Å². The molecule has 198 valence electrons. The highest BCUT2D eigenvalue weighted by molar-refractivity contribution is 7.17. The highest BCUT2D eigenvalue weighted by Gasteiger charge is 2.14. The summed E-state index contributed by atoms with van der Waals surface area (Å²) in [5.41, 5.74) is 5.63. The zero-order valence-corrected chi connectivity index (χ0v) is 21.3. The Bertz CT molecular complexity index is 933. The summed E-state index contributed by atoms with van der Waals surface area (Å²) in [5, 5.41) is 16.7. The van der Waals surface area contributed by atoms with Crippen LogP contribution in [-0.4, -0.2) is 61.1 Å². The standard InChI is InChI=1S/C25H36N4O6S/c26-23(31)19-8-10-21(11-9-19)33-14-12-27-15-20(30)17-35-25-28-16-22(36-25)29-24(32)34-13-4-7-18-5-2-1-3-6-18/h8-11,16,18,20,27,30H,1-7,12-15,17H2,(H2,26,31)(H,29,32). The monoisotopic (exact) mass is 520 g/mol. The van der Waals surface area contributed by atoms with Crippen LogP contribution < -0.4 is 25.8 Å². The number of anilines is 1. The first kappa shape index (κ1) is 27.7. The van der Waals surface area contributed by atoms with E-state index in [1.165, 1.54) is 49.6 Å². The molecule has 2 aromatic rings. The minimum atomic E-state index is -0.741. The van der Waals surface area contributed by atoms with Gasteiger partial charge in [-0.2, -0.15) is 0 Å². The van der Waals surface area contributed by atoms with Crippen molar-refractivity contribution in [1.29, 1.82) is 0 Å². The Hall–Kier alpha value is -2.89. The molecule has 10 nitrogen and oxygen atoms in total. The van der Waals surface area contributed by atoms with Crippen LogP contribution in [0.4, 0.5) is 9.80 Å². The van der Waals surface area contributed by atoms with E-state index in [9.17, 15) is 14.7 Å². The average Bonchev–Trinajstić information content (AvgIpc) is 3.33. The Labute approximate surface area is 215 Å². The first-order valence-electron chi connectivity index (χ1n) is 12.4. The van der Waals surface area contributed by atoms with Crippen molar-refractivity contribution in [1.82, 2.24) is 10.3 Å². The smallest absolute Gasteiger partial charge is 0.412 e. The first-order valence-corrected chi connectivity index (χ1v) is 13.2. The van der Waals surface area contributed by atoms with E-state index in [1.807, 2.05) is 0 Å². The number of carbonyl (C=O) groups excluding carboxylic acids is 2. The fraction of sp³-hybridized carbons (Fsp3) is 0.560. The van der Waals surface area contributed by atoms with Crippen LogP contribution in [-0.2, 0) is 4.74 Å². The number of benzene rings is 1. The van der Waals surface area contributed by atoms with Crippen molar-refractivity contribution in [2.75, 3.05) is 38.2 Å². The Balaban J connectivity index is 1.21. The van der Waals surface area contributed by atoms with Crippen molar-refractivity contribution in [2.45, 2.75) is 51.0 Å². The number of nitrogens with zero attached hydrogens (tertiary/aromatic N) is 1. The zero-order chi connectivity index (χ0) is 25.6. The van der Waals surface area contributed by atoms with Gasteiger partial charge in [0.15, 0.2) is 0 Å². The number of carbonyl (C=O) groups is 2. The van der Waals surface area contributed by atoms with Crippen LogP contribution in [0.1, 0.15) is 55.3 Å². The Morgan fingerprint density at radius 3 is 2.67 bits per heavy atom. The maximum absolute atomic E-state index is 12.0. The van der Waals surface area contributed by atoms with Crippen LogP contribution in [0.15, 0.2) is 30.5 Å². The molecule has 1 atom stereocenters. The molecular weight excluding hydrogens is 484 g/mol. The minimum Gasteiger partial charge on any atom is -0.492 e. The lowest BCUT2D eigenvalue weighted by Crippen LogP contribution is -2.33. The van der Waals surface area contributed by atoms with E-state index < -0.39 is 18.1 Å². The van der Waals surface area contributed by atoms with E-state index in [2.05, 4.69) is 15.6 Å². The van der Waals surface area contributed by atoms with Crippen LogP contribution in [0, 0.1) is 5.92 Å². The molecule has 1 saturated carbocycles. The van der Waals surface area contributed by atoms with Gasteiger partial charge in [-0.15, -0.1) is 0 Å². The zero-order valence-electron chi connectivity index (χ0n) is 20.4. The molecule has 1 aromatic heterocycles. The number of hydrogen-bond acceptors (Lipinski definition) is 9. The lowest BCUT2D eigenvalue weighted by molar-refractivity contribution is 0.1000. The van der Waals surface area contributed by atoms with Gasteiger partial charge in [-0.25, -0.2) is 9.78 Å². The second-order valence-electron chi connectivity index (χ2n) is 8.80. The molecule has 1 aromatic carbocycles. The van der Waals surface area contributed by atoms with Crippen molar-refractivity contribution in [3.05, 3.63) is 36.0 Å². The molecule has 36 heavy (non-hydrogen) atoms. The summed E-state index contributed by atoms with van der Waals surface area (Å²) in [6.45, 7) is 1.69. The van der Waals surface area contributed by atoms with Gasteiger partial charge in [0.25, 0.3) is 5.19 Å². The molecular formula is C25H36N4O6S. The summed E-state index contributed by atoms with van der Waals surface area (Å²) in [4.78, 5) is 27.1. The highest BCUT2D eigenvalue weighted by Crippen LogP contribution is 2.27. The number of nitrogens with two attached hydrogens (primary N) is 1. The molecule has 0 bridgehead atoms. The number of thiazole rings is 1. The lowest BCUT2D eigenvalue weighted by Gasteiger charge is -2.21. The third-order valence-corrected chi connectivity index (χ3v) is 6.72. The predicted molar refractivity (Wildman–Crippen MR) is 138 cm³/mol. The third kappa shape index (κ3) is 10.4. The van der Waals surface area contributed by atoms with Crippen molar-refractivity contribution < 1.29 is 28.9 Å². The normalized spacial score (nSPS) is 14.7. The maximum atomic E-state index is 12.0. The van der Waals surface area contributed by atoms with Gasteiger partial charge in [-0.05, 0) is 43.0 Å². The van der Waals surface area contributed by atoms with E-state index in [0.717, 1.165) is 18.8 Å². The topological polar surface area (TPSA) is 145 Å². The van der Waals surface area contributed by atoms with Crippen molar-refractivity contribution in [2.24, 2.45) is 11.7 Å². The molecule has 11 heteroatoms. The average molecular weight is 521 g/mol. The number of primary amides is 1. The van der Waals surface area contributed by atoms with E-state index >= 15 is 0 Å². The Kier molecular flexibility index (Phi) is 11.7. The number of ether oxygens (including phenoxy) is 3. The van der Waals surface area contributed by atoms with Crippen molar-refractivity contribution in [3.63, 3.8) is 0 Å². The van der Waals surface area contributed by atoms with Crippen LogP contribution in [0.2, 0.25) is 0 Å². The number of nitrogens with one attached hydrogen (secondary N) is 2. The van der Waals surface area contributed by atoms with E-state index in [1.54, 1.807) is 24.3 Å². The van der Waals surface area contributed by atoms with Gasteiger partial charge in [-0.1, -0.05) is 43.4 Å². The number of aliphatic hydroxyl groups is 1. The fourth-order valence-electron chi connectivity index (χ4n) is 3.98. The van der Waals surface area contributed by atoms with E-state index in [-0.39, 0.29) is 6.61 Å². The molecule has 2 amide bonds. The maximum Gasteiger partial charge on any atom is 0.412 e. The molecule has 0 aliphatic heterocycles. The molecule has 0 radical (unpaired) electrons. The fourth-order valence-corrected chi connectivity index (χ4v) is 4.64. The van der Waals surface area contributed by atoms with E-state index in [0.29, 0.717) is 47.8 Å². The molecule has 1 aliphatic rings. The molecule has 1 unspecified atom stereocenters. The number of rotatable bonds is 15. The van der Waals surface area contributed by atoms with Gasteiger partial charge in [0, 0.05) is 18.7 Å². The Morgan fingerprint density at radius 2 is 1.92 bits per heavy atom. The summed E-state index contributed by atoms with van der Waals surface area (Å²) in [7, 11) is 0. The molecule has 5 N–H and O–H groups in total. The van der Waals surface area contributed by atoms with Crippen LogP contribution in [0.25, 0.3) is 0 Å². The number of aromatic nitrogens is 1. The molecule has 3 rings (SSSR count). The SMILES string of the molecule is NC(=O)c1ccc(OCCNCC(O)COc2ncc(NC(=O)OCCCC3CCCCC3)s2)cc1. The van der Waals surface area contributed by atoms with Crippen LogP contribution in [0.5, 0.6) is 10.9 Å². The van der Waals surface area contributed by atoms with Gasteiger partial charge >= 0.3 is 6.09 Å².